The van der Waals surface area contributed by atoms with Crippen LogP contribution in [0.15, 0.2) is 53.6 Å². The number of hydrogen-bond donors (Lipinski definition) is 1. The molecule has 4 rings (SSSR count). The number of thioether (sulfide) groups is 1. The van der Waals surface area contributed by atoms with Crippen molar-refractivity contribution in [2.45, 2.75) is 19.9 Å². The molecule has 6 nitrogen and oxygen atoms in total. The van der Waals surface area contributed by atoms with Gasteiger partial charge in [0, 0.05) is 34.9 Å². The maximum absolute atomic E-state index is 13.3. The number of hydrogen-bond acceptors (Lipinski definition) is 4. The summed E-state index contributed by atoms with van der Waals surface area (Å²) in [5, 5.41) is 2.84. The van der Waals surface area contributed by atoms with Gasteiger partial charge in [0.2, 0.25) is 5.91 Å². The second kappa shape index (κ2) is 9.18. The third-order valence-electron chi connectivity index (χ3n) is 4.95. The highest BCUT2D eigenvalue weighted by molar-refractivity contribution is 8.18. The minimum atomic E-state index is -0.610. The first-order chi connectivity index (χ1) is 15.4. The van der Waals surface area contributed by atoms with Crippen molar-refractivity contribution >= 4 is 63.1 Å². The van der Waals surface area contributed by atoms with Gasteiger partial charge in [-0.15, -0.1) is 0 Å². The van der Waals surface area contributed by atoms with Gasteiger partial charge >= 0.3 is 0 Å². The minimum Gasteiger partial charge on any atom is -0.347 e. The SMILES string of the molecule is CCCn1cc(/C=C2\SC(=O)N(CC(=O)Nc3ccc(F)c(Cl)c3)C2=O)c2ccccc21. The summed E-state index contributed by atoms with van der Waals surface area (Å²) in [6, 6.07) is 11.6. The lowest BCUT2D eigenvalue weighted by Crippen LogP contribution is -2.36. The molecule has 1 aliphatic rings. The average molecular weight is 472 g/mol. The Labute approximate surface area is 193 Å². The van der Waals surface area contributed by atoms with Crippen LogP contribution in [0.4, 0.5) is 14.9 Å². The number of para-hydroxylation sites is 1. The molecule has 1 fully saturated rings. The number of halogens is 2. The van der Waals surface area contributed by atoms with Gasteiger partial charge in [0.1, 0.15) is 12.4 Å². The predicted molar refractivity (Wildman–Crippen MR) is 125 cm³/mol. The van der Waals surface area contributed by atoms with Gasteiger partial charge in [-0.05, 0) is 48.5 Å². The zero-order valence-electron chi connectivity index (χ0n) is 17.1. The second-order valence-corrected chi connectivity index (χ2v) is 8.64. The monoisotopic (exact) mass is 471 g/mol. The molecule has 2 aromatic carbocycles. The smallest absolute Gasteiger partial charge is 0.294 e. The van der Waals surface area contributed by atoms with E-state index in [4.69, 9.17) is 11.6 Å². The number of nitrogens with one attached hydrogen (secondary N) is 1. The van der Waals surface area contributed by atoms with E-state index in [0.717, 1.165) is 52.2 Å². The van der Waals surface area contributed by atoms with Gasteiger partial charge in [-0.25, -0.2) is 4.39 Å². The first kappa shape index (κ1) is 22.1. The highest BCUT2D eigenvalue weighted by Gasteiger charge is 2.36. The Morgan fingerprint density at radius 1 is 1.22 bits per heavy atom. The van der Waals surface area contributed by atoms with Crippen LogP contribution >= 0.6 is 23.4 Å². The Morgan fingerprint density at radius 3 is 2.75 bits per heavy atom. The molecular formula is C23H19ClFN3O3S. The molecular weight excluding hydrogens is 453 g/mol. The molecule has 0 spiro atoms. The van der Waals surface area contributed by atoms with Gasteiger partial charge in [0.25, 0.3) is 11.1 Å². The molecule has 1 N–H and O–H groups in total. The molecule has 0 radical (unpaired) electrons. The Kier molecular flexibility index (Phi) is 6.34. The molecule has 9 heteroatoms. The van der Waals surface area contributed by atoms with E-state index in [1.807, 2.05) is 30.5 Å². The Bertz CT molecular complexity index is 1270. The van der Waals surface area contributed by atoms with Crippen molar-refractivity contribution < 1.29 is 18.8 Å². The molecule has 2 heterocycles. The van der Waals surface area contributed by atoms with E-state index in [9.17, 15) is 18.8 Å². The van der Waals surface area contributed by atoms with E-state index >= 15 is 0 Å². The van der Waals surface area contributed by atoms with Crippen LogP contribution in [-0.2, 0) is 16.1 Å². The Hall–Kier alpha value is -3.10. The molecule has 0 bridgehead atoms. The summed E-state index contributed by atoms with van der Waals surface area (Å²) in [6.07, 6.45) is 4.62. The quantitative estimate of drug-likeness (QED) is 0.480. The number of aromatic nitrogens is 1. The third-order valence-corrected chi connectivity index (χ3v) is 6.15. The highest BCUT2D eigenvalue weighted by Crippen LogP contribution is 2.34. The van der Waals surface area contributed by atoms with Crippen LogP contribution in [0.1, 0.15) is 18.9 Å². The fraction of sp³-hybridized carbons (Fsp3) is 0.174. The number of nitrogens with zero attached hydrogens (tertiary/aromatic N) is 2. The van der Waals surface area contributed by atoms with E-state index in [0.29, 0.717) is 0 Å². The van der Waals surface area contributed by atoms with Crippen LogP contribution in [-0.4, -0.2) is 33.1 Å². The fourth-order valence-corrected chi connectivity index (χ4v) is 4.52. The number of imide groups is 1. The molecule has 32 heavy (non-hydrogen) atoms. The summed E-state index contributed by atoms with van der Waals surface area (Å²) < 4.78 is 15.4. The van der Waals surface area contributed by atoms with Crippen molar-refractivity contribution in [3.8, 4) is 0 Å². The Balaban J connectivity index is 1.53. The summed E-state index contributed by atoms with van der Waals surface area (Å²) in [4.78, 5) is 38.7. The lowest BCUT2D eigenvalue weighted by molar-refractivity contribution is -0.127. The van der Waals surface area contributed by atoms with Gasteiger partial charge in [-0.1, -0.05) is 36.7 Å². The van der Waals surface area contributed by atoms with Crippen molar-refractivity contribution in [1.29, 1.82) is 0 Å². The summed E-state index contributed by atoms with van der Waals surface area (Å²) >= 11 is 6.51. The van der Waals surface area contributed by atoms with Crippen LogP contribution in [0.2, 0.25) is 5.02 Å². The van der Waals surface area contributed by atoms with Crippen LogP contribution in [0, 0.1) is 5.82 Å². The largest absolute Gasteiger partial charge is 0.347 e. The van der Waals surface area contributed by atoms with Crippen molar-refractivity contribution in [3.63, 3.8) is 0 Å². The highest BCUT2D eigenvalue weighted by atomic mass is 35.5. The summed E-state index contributed by atoms with van der Waals surface area (Å²) in [6.45, 7) is 2.47. The molecule has 0 unspecified atom stereocenters. The maximum atomic E-state index is 13.3. The van der Waals surface area contributed by atoms with Crippen molar-refractivity contribution in [1.82, 2.24) is 9.47 Å². The van der Waals surface area contributed by atoms with Crippen LogP contribution in [0.5, 0.6) is 0 Å². The molecule has 0 saturated carbocycles. The number of carbonyl (C=O) groups excluding carboxylic acids is 3. The first-order valence-corrected chi connectivity index (χ1v) is 11.1. The lowest BCUT2D eigenvalue weighted by Gasteiger charge is -2.12. The minimum absolute atomic E-state index is 0.140. The average Bonchev–Trinajstić information content (AvgIpc) is 3.23. The molecule has 164 valence electrons. The maximum Gasteiger partial charge on any atom is 0.294 e. The predicted octanol–water partition coefficient (Wildman–Crippen LogP) is 5.52. The number of rotatable bonds is 6. The molecule has 1 aliphatic heterocycles. The van der Waals surface area contributed by atoms with Gasteiger partial charge in [0.15, 0.2) is 0 Å². The van der Waals surface area contributed by atoms with Gasteiger partial charge in [-0.3, -0.25) is 19.3 Å². The van der Waals surface area contributed by atoms with E-state index in [-0.39, 0.29) is 15.6 Å². The van der Waals surface area contributed by atoms with Crippen molar-refractivity contribution in [2.24, 2.45) is 0 Å². The number of carbonyl (C=O) groups is 3. The van der Waals surface area contributed by atoms with E-state index in [2.05, 4.69) is 16.8 Å². The van der Waals surface area contributed by atoms with Crippen LogP contribution < -0.4 is 5.32 Å². The number of anilines is 1. The number of aryl methyl sites for hydroxylation is 1. The topological polar surface area (TPSA) is 71.4 Å². The van der Waals surface area contributed by atoms with Crippen molar-refractivity contribution in [2.75, 3.05) is 11.9 Å². The van der Waals surface area contributed by atoms with E-state index in [1.165, 1.54) is 12.1 Å². The Morgan fingerprint density at radius 2 is 2.00 bits per heavy atom. The van der Waals surface area contributed by atoms with Crippen LogP contribution in [0.3, 0.4) is 0 Å². The number of fused-ring (bicyclic) bond motifs is 1. The zero-order valence-corrected chi connectivity index (χ0v) is 18.7. The molecule has 3 amide bonds. The molecule has 1 saturated heterocycles. The molecule has 0 aliphatic carbocycles. The third kappa shape index (κ3) is 4.42. The van der Waals surface area contributed by atoms with Crippen LogP contribution in [0.25, 0.3) is 17.0 Å². The first-order valence-electron chi connectivity index (χ1n) is 9.95. The summed E-state index contributed by atoms with van der Waals surface area (Å²) in [7, 11) is 0. The van der Waals surface area contributed by atoms with Gasteiger partial charge in [-0.2, -0.15) is 0 Å². The van der Waals surface area contributed by atoms with E-state index < -0.39 is 29.4 Å². The molecule has 3 aromatic rings. The molecule has 1 aromatic heterocycles. The number of amides is 3. The van der Waals surface area contributed by atoms with Gasteiger partial charge < -0.3 is 9.88 Å². The standard InChI is InChI=1S/C23H19ClFN3O3S/c1-2-9-27-12-14(16-5-3-4-6-19(16)27)10-20-22(30)28(23(31)32-20)13-21(29)26-15-7-8-18(25)17(24)11-15/h3-8,10-12H,2,9,13H2,1H3,(H,26,29)/b20-10-. The lowest BCUT2D eigenvalue weighted by atomic mass is 10.1. The fourth-order valence-electron chi connectivity index (χ4n) is 3.51. The summed E-state index contributed by atoms with van der Waals surface area (Å²) in [5.41, 5.74) is 2.16. The second-order valence-electron chi connectivity index (χ2n) is 7.24. The normalized spacial score (nSPS) is 15.2. The van der Waals surface area contributed by atoms with E-state index in [1.54, 1.807) is 6.08 Å². The van der Waals surface area contributed by atoms with Crippen molar-refractivity contribution in [3.05, 3.63) is 70.0 Å². The number of benzene rings is 2. The van der Waals surface area contributed by atoms with Gasteiger partial charge in [0.05, 0.1) is 9.93 Å². The zero-order chi connectivity index (χ0) is 22.8. The molecule has 0 atom stereocenters. The summed E-state index contributed by atoms with van der Waals surface area (Å²) in [5.74, 6) is -1.73.